The number of likely N-dealkylation sites (N-methyl/N-ethyl adjacent to an activating group) is 1. The first-order valence-corrected chi connectivity index (χ1v) is 6.31. The van der Waals surface area contributed by atoms with Gasteiger partial charge in [0.05, 0.1) is 5.71 Å². The van der Waals surface area contributed by atoms with Crippen LogP contribution in [0.1, 0.15) is 25.7 Å². The molecule has 4 nitrogen and oxygen atoms in total. The Labute approximate surface area is 98.2 Å². The van der Waals surface area contributed by atoms with Gasteiger partial charge in [0.1, 0.15) is 7.11 Å². The van der Waals surface area contributed by atoms with E-state index >= 15 is 0 Å². The van der Waals surface area contributed by atoms with E-state index in [0.717, 1.165) is 12.8 Å². The van der Waals surface area contributed by atoms with Crippen molar-refractivity contribution < 1.29 is 4.84 Å². The Bertz CT molecular complexity index is 247. The highest BCUT2D eigenvalue weighted by molar-refractivity contribution is 5.85. The normalized spacial score (nSPS) is 31.9. The number of hydrogen-bond acceptors (Lipinski definition) is 4. The Hall–Kier alpha value is -0.610. The molecule has 1 aliphatic heterocycles. The molecule has 0 spiro atoms. The maximum atomic E-state index is 4.90. The van der Waals surface area contributed by atoms with E-state index in [4.69, 9.17) is 4.84 Å². The number of oxime groups is 1. The van der Waals surface area contributed by atoms with E-state index in [1.807, 2.05) is 0 Å². The maximum absolute atomic E-state index is 4.90. The molecule has 0 bridgehead atoms. The van der Waals surface area contributed by atoms with Gasteiger partial charge < -0.3 is 9.74 Å². The number of rotatable bonds is 2. The van der Waals surface area contributed by atoms with E-state index in [2.05, 4.69) is 22.0 Å². The predicted octanol–water partition coefficient (Wildman–Crippen LogP) is 1.18. The van der Waals surface area contributed by atoms with Crippen LogP contribution in [0.2, 0.25) is 0 Å². The molecule has 0 aromatic carbocycles. The highest BCUT2D eigenvalue weighted by atomic mass is 16.6. The molecule has 2 aliphatic rings. The Morgan fingerprint density at radius 2 is 2.00 bits per heavy atom. The van der Waals surface area contributed by atoms with Gasteiger partial charge in [0, 0.05) is 38.6 Å². The summed E-state index contributed by atoms with van der Waals surface area (Å²) in [4.78, 5) is 9.93. The molecule has 0 amide bonds. The van der Waals surface area contributed by atoms with Crippen molar-refractivity contribution in [3.8, 4) is 0 Å². The minimum Gasteiger partial charge on any atom is -0.399 e. The van der Waals surface area contributed by atoms with Gasteiger partial charge in [-0.3, -0.25) is 4.90 Å². The van der Waals surface area contributed by atoms with Crippen LogP contribution in [0.25, 0.3) is 0 Å². The average molecular weight is 225 g/mol. The second kappa shape index (κ2) is 5.64. The van der Waals surface area contributed by atoms with E-state index < -0.39 is 0 Å². The first-order chi connectivity index (χ1) is 7.79. The van der Waals surface area contributed by atoms with Crippen LogP contribution in [0.15, 0.2) is 5.16 Å². The lowest BCUT2D eigenvalue weighted by molar-refractivity contribution is 0.104. The molecule has 2 rings (SSSR count). The van der Waals surface area contributed by atoms with E-state index in [9.17, 15) is 0 Å². The summed E-state index contributed by atoms with van der Waals surface area (Å²) < 4.78 is 0. The third-order valence-electron chi connectivity index (χ3n) is 3.75. The van der Waals surface area contributed by atoms with Gasteiger partial charge >= 0.3 is 0 Å². The summed E-state index contributed by atoms with van der Waals surface area (Å²) in [6.45, 7) is 4.82. The van der Waals surface area contributed by atoms with Crippen molar-refractivity contribution in [1.82, 2.24) is 9.80 Å². The molecule has 2 fully saturated rings. The van der Waals surface area contributed by atoms with Crippen LogP contribution < -0.4 is 0 Å². The Kier molecular flexibility index (Phi) is 4.18. The van der Waals surface area contributed by atoms with Crippen molar-refractivity contribution in [2.45, 2.75) is 31.7 Å². The molecule has 4 heteroatoms. The summed E-state index contributed by atoms with van der Waals surface area (Å²) in [6.07, 6.45) is 4.82. The molecular formula is C12H23N3O. The summed E-state index contributed by atoms with van der Waals surface area (Å²) in [5.41, 5.74) is 1.25. The summed E-state index contributed by atoms with van der Waals surface area (Å²) in [5.74, 6) is 0. The van der Waals surface area contributed by atoms with Gasteiger partial charge in [0.2, 0.25) is 0 Å². The highest BCUT2D eigenvalue weighted by Crippen LogP contribution is 2.22. The molecule has 1 saturated carbocycles. The predicted molar refractivity (Wildman–Crippen MR) is 65.8 cm³/mol. The molecule has 0 aromatic heterocycles. The van der Waals surface area contributed by atoms with E-state index in [1.165, 1.54) is 44.7 Å². The summed E-state index contributed by atoms with van der Waals surface area (Å²) in [6, 6.07) is 0.705. The van der Waals surface area contributed by atoms with Gasteiger partial charge in [-0.25, -0.2) is 0 Å². The standard InChI is InChI=1S/C12H23N3O/c1-14-6-8-15(9-7-14)12-5-3-4-11(10-12)13-16-2/h12H,3-10H2,1-2H3/b13-11+. The van der Waals surface area contributed by atoms with Gasteiger partial charge in [-0.15, -0.1) is 0 Å². The van der Waals surface area contributed by atoms with Crippen molar-refractivity contribution in [1.29, 1.82) is 0 Å². The minimum atomic E-state index is 0.705. The van der Waals surface area contributed by atoms with Gasteiger partial charge in [-0.2, -0.15) is 0 Å². The second-order valence-electron chi connectivity index (χ2n) is 4.93. The molecule has 1 saturated heterocycles. The van der Waals surface area contributed by atoms with Crippen LogP contribution in [0.5, 0.6) is 0 Å². The highest BCUT2D eigenvalue weighted by Gasteiger charge is 2.26. The smallest absolute Gasteiger partial charge is 0.106 e. The third-order valence-corrected chi connectivity index (χ3v) is 3.75. The molecule has 16 heavy (non-hydrogen) atoms. The Morgan fingerprint density at radius 1 is 1.25 bits per heavy atom. The zero-order valence-electron chi connectivity index (χ0n) is 10.5. The van der Waals surface area contributed by atoms with E-state index in [-0.39, 0.29) is 0 Å². The summed E-state index contributed by atoms with van der Waals surface area (Å²) in [5, 5.41) is 4.12. The van der Waals surface area contributed by atoms with Crippen LogP contribution >= 0.6 is 0 Å². The van der Waals surface area contributed by atoms with Gasteiger partial charge in [0.15, 0.2) is 0 Å². The average Bonchev–Trinajstić information content (AvgIpc) is 2.31. The van der Waals surface area contributed by atoms with Crippen molar-refractivity contribution in [2.75, 3.05) is 40.3 Å². The van der Waals surface area contributed by atoms with Crippen LogP contribution in [-0.4, -0.2) is 61.9 Å². The molecule has 1 heterocycles. The van der Waals surface area contributed by atoms with Crippen molar-refractivity contribution in [3.05, 3.63) is 0 Å². The van der Waals surface area contributed by atoms with Crippen LogP contribution in [0.4, 0.5) is 0 Å². The lowest BCUT2D eigenvalue weighted by atomic mass is 9.92. The zero-order valence-corrected chi connectivity index (χ0v) is 10.5. The molecule has 92 valence electrons. The van der Waals surface area contributed by atoms with E-state index in [1.54, 1.807) is 7.11 Å². The fourth-order valence-corrected chi connectivity index (χ4v) is 2.73. The topological polar surface area (TPSA) is 28.1 Å². The van der Waals surface area contributed by atoms with E-state index in [0.29, 0.717) is 6.04 Å². The molecule has 0 N–H and O–H groups in total. The summed E-state index contributed by atoms with van der Waals surface area (Å²) in [7, 11) is 3.85. The fraction of sp³-hybridized carbons (Fsp3) is 0.917. The van der Waals surface area contributed by atoms with Crippen molar-refractivity contribution >= 4 is 5.71 Å². The monoisotopic (exact) mass is 225 g/mol. The zero-order chi connectivity index (χ0) is 11.4. The van der Waals surface area contributed by atoms with Gasteiger partial charge in [0.25, 0.3) is 0 Å². The molecule has 1 aliphatic carbocycles. The first-order valence-electron chi connectivity index (χ1n) is 6.31. The SMILES string of the molecule is CO/N=C1\CCCC(N2CCN(C)CC2)C1. The molecule has 1 unspecified atom stereocenters. The fourth-order valence-electron chi connectivity index (χ4n) is 2.73. The first kappa shape index (κ1) is 11.9. The van der Waals surface area contributed by atoms with Crippen LogP contribution in [0, 0.1) is 0 Å². The third kappa shape index (κ3) is 2.95. The lowest BCUT2D eigenvalue weighted by Crippen LogP contribution is -2.50. The number of hydrogen-bond donors (Lipinski definition) is 0. The molecule has 0 radical (unpaired) electrons. The van der Waals surface area contributed by atoms with Crippen molar-refractivity contribution in [2.24, 2.45) is 5.16 Å². The Balaban J connectivity index is 1.87. The Morgan fingerprint density at radius 3 is 2.69 bits per heavy atom. The number of nitrogens with zero attached hydrogens (tertiary/aromatic N) is 3. The largest absolute Gasteiger partial charge is 0.399 e. The van der Waals surface area contributed by atoms with Crippen molar-refractivity contribution in [3.63, 3.8) is 0 Å². The van der Waals surface area contributed by atoms with Gasteiger partial charge in [-0.05, 0) is 26.3 Å². The quantitative estimate of drug-likeness (QED) is 0.661. The van der Waals surface area contributed by atoms with Crippen LogP contribution in [-0.2, 0) is 4.84 Å². The lowest BCUT2D eigenvalue weighted by Gasteiger charge is -2.39. The number of piperazine rings is 1. The molecule has 1 atom stereocenters. The minimum absolute atomic E-state index is 0.705. The van der Waals surface area contributed by atoms with Crippen LogP contribution in [0.3, 0.4) is 0 Å². The molecular weight excluding hydrogens is 202 g/mol. The summed E-state index contributed by atoms with van der Waals surface area (Å²) >= 11 is 0. The van der Waals surface area contributed by atoms with Gasteiger partial charge in [-0.1, -0.05) is 5.16 Å². The second-order valence-corrected chi connectivity index (χ2v) is 4.93. The maximum Gasteiger partial charge on any atom is 0.106 e. The molecule has 0 aromatic rings.